The Labute approximate surface area is 168 Å². The average Bonchev–Trinajstić information content (AvgIpc) is 2.74. The van der Waals surface area contributed by atoms with Crippen molar-refractivity contribution in [3.05, 3.63) is 23.0 Å². The molecule has 1 unspecified atom stereocenters. The number of nitrogens with one attached hydrogen (secondary N) is 1. The van der Waals surface area contributed by atoms with Gasteiger partial charge in [0, 0.05) is 39.6 Å². The monoisotopic (exact) mass is 470 g/mol. The van der Waals surface area contributed by atoms with Gasteiger partial charge < -0.3 is 19.5 Å². The van der Waals surface area contributed by atoms with Crippen molar-refractivity contribution in [3.8, 4) is 0 Å². The van der Waals surface area contributed by atoms with E-state index in [1.807, 2.05) is 30.9 Å². The van der Waals surface area contributed by atoms with Gasteiger partial charge in [0.25, 0.3) is 0 Å². The molecule has 1 rings (SSSR count). The number of ether oxygens (including phenoxy) is 1. The Hall–Kier alpha value is -0.470. The van der Waals surface area contributed by atoms with Crippen LogP contribution in [0.5, 0.6) is 0 Å². The highest BCUT2D eigenvalue weighted by molar-refractivity contribution is 14.0. The number of methoxy groups -OCH3 is 1. The van der Waals surface area contributed by atoms with Crippen LogP contribution in [0.15, 0.2) is 17.3 Å². The lowest BCUT2D eigenvalue weighted by atomic mass is 9.89. The van der Waals surface area contributed by atoms with E-state index >= 15 is 0 Å². The van der Waals surface area contributed by atoms with E-state index in [0.717, 1.165) is 29.8 Å². The second-order valence-electron chi connectivity index (χ2n) is 6.90. The molecular formula is C17H32ClIN4O. The smallest absolute Gasteiger partial charge is 0.194 e. The summed E-state index contributed by atoms with van der Waals surface area (Å²) >= 11 is 6.06. The number of aryl methyl sites for hydroxylation is 1. The molecule has 0 aliphatic heterocycles. The molecule has 140 valence electrons. The van der Waals surface area contributed by atoms with Gasteiger partial charge in [-0.15, -0.1) is 24.0 Å². The maximum absolute atomic E-state index is 6.06. The number of hydrogen-bond donors (Lipinski definition) is 1. The fourth-order valence-corrected chi connectivity index (χ4v) is 2.65. The summed E-state index contributed by atoms with van der Waals surface area (Å²) in [4.78, 5) is 6.85. The van der Waals surface area contributed by atoms with E-state index in [1.54, 1.807) is 7.11 Å². The van der Waals surface area contributed by atoms with Gasteiger partial charge in [0.05, 0.1) is 24.2 Å². The Balaban J connectivity index is 0.00000529. The summed E-state index contributed by atoms with van der Waals surface area (Å²) in [5, 5.41) is 4.09. The summed E-state index contributed by atoms with van der Waals surface area (Å²) in [6.45, 7) is 10.8. The second kappa shape index (κ2) is 10.5. The van der Waals surface area contributed by atoms with Gasteiger partial charge in [0.1, 0.15) is 0 Å². The van der Waals surface area contributed by atoms with Crippen molar-refractivity contribution < 1.29 is 4.74 Å². The van der Waals surface area contributed by atoms with Gasteiger partial charge in [-0.25, -0.2) is 0 Å². The van der Waals surface area contributed by atoms with Crippen LogP contribution >= 0.6 is 35.6 Å². The van der Waals surface area contributed by atoms with E-state index < -0.39 is 0 Å². The number of guanidine groups is 1. The molecule has 0 bridgehead atoms. The van der Waals surface area contributed by atoms with E-state index in [-0.39, 0.29) is 35.5 Å². The van der Waals surface area contributed by atoms with E-state index in [1.165, 1.54) is 0 Å². The van der Waals surface area contributed by atoms with Crippen molar-refractivity contribution in [2.75, 3.05) is 27.2 Å². The third kappa shape index (κ3) is 7.19. The molecule has 0 fully saturated rings. The highest BCUT2D eigenvalue weighted by Crippen LogP contribution is 2.22. The lowest BCUT2D eigenvalue weighted by molar-refractivity contribution is 0.0240. The van der Waals surface area contributed by atoms with Crippen LogP contribution in [0.2, 0.25) is 5.02 Å². The molecule has 24 heavy (non-hydrogen) atoms. The minimum absolute atomic E-state index is 0. The van der Waals surface area contributed by atoms with Crippen molar-refractivity contribution in [1.82, 2.24) is 14.8 Å². The molecule has 1 aromatic rings. The van der Waals surface area contributed by atoms with E-state index in [2.05, 4.69) is 37.9 Å². The first-order valence-corrected chi connectivity index (χ1v) is 8.39. The van der Waals surface area contributed by atoms with Crippen molar-refractivity contribution in [1.29, 1.82) is 0 Å². The first kappa shape index (κ1) is 23.5. The normalized spacial score (nSPS) is 13.4. The van der Waals surface area contributed by atoms with Crippen LogP contribution in [0.3, 0.4) is 0 Å². The number of halogens is 2. The van der Waals surface area contributed by atoms with Crippen LogP contribution < -0.4 is 5.32 Å². The van der Waals surface area contributed by atoms with Crippen LogP contribution in [-0.4, -0.2) is 48.8 Å². The van der Waals surface area contributed by atoms with E-state index in [9.17, 15) is 0 Å². The number of aliphatic imine (C=N–C) groups is 1. The second-order valence-corrected chi connectivity index (χ2v) is 7.34. The van der Waals surface area contributed by atoms with E-state index in [0.29, 0.717) is 6.54 Å². The number of hydrogen-bond acceptors (Lipinski definition) is 2. The molecule has 7 heteroatoms. The Morgan fingerprint density at radius 1 is 1.46 bits per heavy atom. The third-order valence-corrected chi connectivity index (χ3v) is 4.03. The summed E-state index contributed by atoms with van der Waals surface area (Å²) in [7, 11) is 5.77. The first-order chi connectivity index (χ1) is 10.7. The van der Waals surface area contributed by atoms with Crippen molar-refractivity contribution >= 4 is 41.5 Å². The van der Waals surface area contributed by atoms with Crippen LogP contribution in [0.25, 0.3) is 0 Å². The maximum Gasteiger partial charge on any atom is 0.194 e. The Bertz CT molecular complexity index is 525. The van der Waals surface area contributed by atoms with Crippen molar-refractivity contribution in [2.24, 2.45) is 17.5 Å². The number of rotatable bonds is 6. The SMILES string of the molecule is CCNC(=NCC(OC)C(C)(C)C)N(C)Cc1cc(Cl)cn1C.I. The first-order valence-electron chi connectivity index (χ1n) is 8.02. The van der Waals surface area contributed by atoms with Gasteiger partial charge in [-0.2, -0.15) is 0 Å². The largest absolute Gasteiger partial charge is 0.379 e. The number of nitrogens with zero attached hydrogens (tertiary/aromatic N) is 3. The molecule has 0 saturated heterocycles. The molecule has 0 spiro atoms. The summed E-state index contributed by atoms with van der Waals surface area (Å²) in [5.74, 6) is 0.871. The molecule has 0 aliphatic rings. The lowest BCUT2D eigenvalue weighted by Crippen LogP contribution is -2.40. The van der Waals surface area contributed by atoms with Crippen molar-refractivity contribution in [3.63, 3.8) is 0 Å². The molecule has 1 heterocycles. The Kier molecular flexibility index (Phi) is 10.3. The molecule has 0 saturated carbocycles. The van der Waals surface area contributed by atoms with Crippen LogP contribution in [0.4, 0.5) is 0 Å². The number of aromatic nitrogens is 1. The molecule has 1 aromatic heterocycles. The fraction of sp³-hybridized carbons (Fsp3) is 0.706. The van der Waals surface area contributed by atoms with Crippen LogP contribution in [0.1, 0.15) is 33.4 Å². The van der Waals surface area contributed by atoms with Crippen molar-refractivity contribution in [2.45, 2.75) is 40.3 Å². The van der Waals surface area contributed by atoms with Gasteiger partial charge in [-0.1, -0.05) is 32.4 Å². The minimum Gasteiger partial charge on any atom is -0.379 e. The predicted molar refractivity (Wildman–Crippen MR) is 114 cm³/mol. The molecule has 0 amide bonds. The zero-order valence-corrected chi connectivity index (χ0v) is 19.0. The average molecular weight is 471 g/mol. The maximum atomic E-state index is 6.06. The van der Waals surface area contributed by atoms with Crippen LogP contribution in [0, 0.1) is 5.41 Å². The summed E-state index contributed by atoms with van der Waals surface area (Å²) in [6, 6.07) is 1.98. The zero-order valence-electron chi connectivity index (χ0n) is 15.9. The van der Waals surface area contributed by atoms with E-state index in [4.69, 9.17) is 21.3 Å². The lowest BCUT2D eigenvalue weighted by Gasteiger charge is -2.29. The van der Waals surface area contributed by atoms with Crippen LogP contribution in [-0.2, 0) is 18.3 Å². The quantitative estimate of drug-likeness (QED) is 0.391. The topological polar surface area (TPSA) is 41.8 Å². The molecular weight excluding hydrogens is 439 g/mol. The van der Waals surface area contributed by atoms with Gasteiger partial charge in [0.2, 0.25) is 0 Å². The molecule has 5 nitrogen and oxygen atoms in total. The van der Waals surface area contributed by atoms with Gasteiger partial charge in [-0.05, 0) is 18.4 Å². The summed E-state index contributed by atoms with van der Waals surface area (Å²) in [5.41, 5.74) is 1.20. The summed E-state index contributed by atoms with van der Waals surface area (Å²) < 4.78 is 7.63. The molecule has 0 aliphatic carbocycles. The highest BCUT2D eigenvalue weighted by atomic mass is 127. The zero-order chi connectivity index (χ0) is 17.6. The molecule has 0 aromatic carbocycles. The highest BCUT2D eigenvalue weighted by Gasteiger charge is 2.24. The molecule has 1 N–H and O–H groups in total. The van der Waals surface area contributed by atoms with Gasteiger partial charge in [-0.3, -0.25) is 4.99 Å². The molecule has 0 radical (unpaired) electrons. The third-order valence-electron chi connectivity index (χ3n) is 3.83. The van der Waals surface area contributed by atoms with Gasteiger partial charge in [0.15, 0.2) is 5.96 Å². The standard InChI is InChI=1S/C17H31ClN4O.HI/c1-8-19-16(20-10-15(23-7)17(2,3)4)22(6)12-14-9-13(18)11-21(14)5;/h9,11,15H,8,10,12H2,1-7H3,(H,19,20);1H. The Morgan fingerprint density at radius 3 is 2.50 bits per heavy atom. The summed E-state index contributed by atoms with van der Waals surface area (Å²) in [6.07, 6.45) is 1.99. The predicted octanol–water partition coefficient (Wildman–Crippen LogP) is 3.75. The van der Waals surface area contributed by atoms with Gasteiger partial charge >= 0.3 is 0 Å². The fourth-order valence-electron chi connectivity index (χ4n) is 2.38. The Morgan fingerprint density at radius 2 is 2.08 bits per heavy atom. The molecule has 1 atom stereocenters. The minimum atomic E-state index is 0.